The molecule has 23 heavy (non-hydrogen) atoms. The Hall–Kier alpha value is -2.08. The Balaban J connectivity index is 1.60. The van der Waals surface area contributed by atoms with Gasteiger partial charge in [0.15, 0.2) is 11.5 Å². The van der Waals surface area contributed by atoms with Crippen LogP contribution in [0, 0.1) is 5.41 Å². The number of rotatable bonds is 4. The third-order valence-electron chi connectivity index (χ3n) is 4.04. The van der Waals surface area contributed by atoms with Crippen molar-refractivity contribution in [2.24, 2.45) is 5.41 Å². The molecule has 1 heterocycles. The number of hydrogen-bond acceptors (Lipinski definition) is 4. The number of carbonyl (C=O) groups excluding carboxylic acids is 1. The molecule has 1 atom stereocenters. The molecule has 0 bridgehead atoms. The van der Waals surface area contributed by atoms with Gasteiger partial charge in [0.25, 0.3) is 0 Å². The quantitative estimate of drug-likeness (QED) is 0.808. The van der Waals surface area contributed by atoms with E-state index in [0.29, 0.717) is 11.6 Å². The fourth-order valence-corrected chi connectivity index (χ4v) is 2.20. The number of benzene rings is 1. The van der Waals surface area contributed by atoms with Crippen LogP contribution in [0.4, 0.5) is 10.5 Å². The molecule has 1 aliphatic rings. The van der Waals surface area contributed by atoms with E-state index in [0.717, 1.165) is 29.8 Å². The van der Waals surface area contributed by atoms with Gasteiger partial charge in [0.05, 0.1) is 6.10 Å². The lowest BCUT2D eigenvalue weighted by Crippen LogP contribution is -2.40. The maximum atomic E-state index is 11.9. The summed E-state index contributed by atoms with van der Waals surface area (Å²) < 4.78 is 5.70. The lowest BCUT2D eigenvalue weighted by Gasteiger charge is -2.25. The first-order chi connectivity index (χ1) is 10.8. The van der Waals surface area contributed by atoms with Gasteiger partial charge in [-0.2, -0.15) is 0 Å². The molecular formula is C17H23N3O3. The van der Waals surface area contributed by atoms with E-state index in [9.17, 15) is 9.90 Å². The molecule has 1 fully saturated rings. The Morgan fingerprint density at radius 2 is 2.17 bits per heavy atom. The molecule has 1 aliphatic carbocycles. The summed E-state index contributed by atoms with van der Waals surface area (Å²) in [4.78, 5) is 16.4. The molecule has 6 heteroatoms. The van der Waals surface area contributed by atoms with Crippen molar-refractivity contribution >= 4 is 22.8 Å². The predicted molar refractivity (Wildman–Crippen MR) is 88.5 cm³/mol. The van der Waals surface area contributed by atoms with Crippen LogP contribution in [0.1, 0.15) is 45.4 Å². The molecule has 1 unspecified atom stereocenters. The third-order valence-corrected chi connectivity index (χ3v) is 4.04. The molecule has 124 valence electrons. The lowest BCUT2D eigenvalue weighted by atomic mass is 9.89. The lowest BCUT2D eigenvalue weighted by molar-refractivity contribution is 0.0654. The molecule has 0 saturated heterocycles. The topological polar surface area (TPSA) is 87.4 Å². The molecule has 6 nitrogen and oxygen atoms in total. The number of nitrogens with one attached hydrogen (secondary N) is 2. The van der Waals surface area contributed by atoms with E-state index in [1.165, 1.54) is 0 Å². The maximum absolute atomic E-state index is 11.9. The summed E-state index contributed by atoms with van der Waals surface area (Å²) in [6, 6.07) is 5.04. The number of aromatic nitrogens is 1. The molecule has 1 aromatic heterocycles. The van der Waals surface area contributed by atoms with E-state index in [-0.39, 0.29) is 18.0 Å². The summed E-state index contributed by atoms with van der Waals surface area (Å²) in [6.45, 7) is 5.97. The molecule has 2 aromatic rings. The summed E-state index contributed by atoms with van der Waals surface area (Å²) >= 11 is 0. The van der Waals surface area contributed by atoms with Gasteiger partial charge < -0.3 is 20.2 Å². The molecule has 3 rings (SSSR count). The number of amides is 2. The average molecular weight is 317 g/mol. The van der Waals surface area contributed by atoms with Crippen LogP contribution in [-0.4, -0.2) is 28.8 Å². The summed E-state index contributed by atoms with van der Waals surface area (Å²) in [7, 11) is 0. The number of oxazole rings is 1. The van der Waals surface area contributed by atoms with Gasteiger partial charge in [-0.25, -0.2) is 9.78 Å². The smallest absolute Gasteiger partial charge is 0.319 e. The molecular weight excluding hydrogens is 294 g/mol. The zero-order chi connectivity index (χ0) is 16.6. The molecule has 0 aliphatic heterocycles. The Morgan fingerprint density at radius 3 is 2.83 bits per heavy atom. The van der Waals surface area contributed by atoms with Crippen molar-refractivity contribution < 1.29 is 14.3 Å². The van der Waals surface area contributed by atoms with E-state index < -0.39 is 6.10 Å². The van der Waals surface area contributed by atoms with Crippen molar-refractivity contribution in [3.8, 4) is 0 Å². The molecule has 1 saturated carbocycles. The number of urea groups is 1. The van der Waals surface area contributed by atoms with Gasteiger partial charge in [0.2, 0.25) is 0 Å². The Kier molecular flexibility index (Phi) is 4.02. The van der Waals surface area contributed by atoms with Gasteiger partial charge in [0, 0.05) is 18.2 Å². The van der Waals surface area contributed by atoms with E-state index in [4.69, 9.17) is 4.42 Å². The van der Waals surface area contributed by atoms with Crippen molar-refractivity contribution in [2.75, 3.05) is 11.9 Å². The molecule has 3 N–H and O–H groups in total. The third kappa shape index (κ3) is 3.82. The number of fused-ring (bicyclic) bond motifs is 1. The number of anilines is 1. The number of aliphatic hydroxyl groups is 1. The largest absolute Gasteiger partial charge is 0.440 e. The van der Waals surface area contributed by atoms with Crippen LogP contribution in [0.15, 0.2) is 22.6 Å². The highest BCUT2D eigenvalue weighted by Crippen LogP contribution is 2.40. The Morgan fingerprint density at radius 1 is 1.43 bits per heavy atom. The van der Waals surface area contributed by atoms with E-state index in [1.54, 1.807) is 12.1 Å². The minimum atomic E-state index is -0.604. The normalized spacial score (nSPS) is 16.3. The second-order valence-electron chi connectivity index (χ2n) is 7.23. The van der Waals surface area contributed by atoms with E-state index in [2.05, 4.69) is 15.6 Å². The van der Waals surface area contributed by atoms with Gasteiger partial charge in [-0.15, -0.1) is 0 Å². The predicted octanol–water partition coefficient (Wildman–Crippen LogP) is 3.23. The first-order valence-corrected chi connectivity index (χ1v) is 7.96. The Bertz CT molecular complexity index is 713. The van der Waals surface area contributed by atoms with Crippen molar-refractivity contribution in [1.29, 1.82) is 0 Å². The van der Waals surface area contributed by atoms with Crippen molar-refractivity contribution in [2.45, 2.75) is 45.6 Å². The van der Waals surface area contributed by atoms with Crippen LogP contribution in [0.3, 0.4) is 0 Å². The van der Waals surface area contributed by atoms with Gasteiger partial charge in [-0.3, -0.25) is 0 Å². The highest BCUT2D eigenvalue weighted by atomic mass is 16.3. The highest BCUT2D eigenvalue weighted by molar-refractivity contribution is 5.91. The van der Waals surface area contributed by atoms with Crippen LogP contribution in [0.25, 0.3) is 11.1 Å². The van der Waals surface area contributed by atoms with Crippen LogP contribution in [-0.2, 0) is 0 Å². The fourth-order valence-electron chi connectivity index (χ4n) is 2.20. The number of aliphatic hydroxyl groups excluding tert-OH is 1. The van der Waals surface area contributed by atoms with E-state index in [1.807, 2.05) is 26.8 Å². The Labute approximate surface area is 135 Å². The molecule has 2 amide bonds. The van der Waals surface area contributed by atoms with Gasteiger partial charge in [-0.05, 0) is 36.5 Å². The standard InChI is InChI=1S/C17H23N3O3/c1-17(2,3)14(21)9-18-16(22)19-11-6-7-13-12(8-11)20-15(23-13)10-4-5-10/h6-8,10,14,21H,4-5,9H2,1-3H3,(H2,18,19,22). The molecule has 0 spiro atoms. The first-order valence-electron chi connectivity index (χ1n) is 7.96. The second-order valence-corrected chi connectivity index (χ2v) is 7.23. The summed E-state index contributed by atoms with van der Waals surface area (Å²) in [5, 5.41) is 15.4. The van der Waals surface area contributed by atoms with Crippen LogP contribution < -0.4 is 10.6 Å². The van der Waals surface area contributed by atoms with Gasteiger partial charge in [0.1, 0.15) is 5.52 Å². The minimum Gasteiger partial charge on any atom is -0.440 e. The van der Waals surface area contributed by atoms with Crippen LogP contribution in [0.2, 0.25) is 0 Å². The summed E-state index contributed by atoms with van der Waals surface area (Å²) in [5.41, 5.74) is 1.86. The number of hydrogen-bond donors (Lipinski definition) is 3. The van der Waals surface area contributed by atoms with Gasteiger partial charge in [-0.1, -0.05) is 20.8 Å². The number of carbonyl (C=O) groups is 1. The molecule has 1 aromatic carbocycles. The van der Waals surface area contributed by atoms with Crippen LogP contribution >= 0.6 is 0 Å². The van der Waals surface area contributed by atoms with Crippen molar-refractivity contribution in [3.05, 3.63) is 24.1 Å². The van der Waals surface area contributed by atoms with E-state index >= 15 is 0 Å². The first kappa shape index (κ1) is 15.8. The van der Waals surface area contributed by atoms with Crippen molar-refractivity contribution in [1.82, 2.24) is 10.3 Å². The van der Waals surface area contributed by atoms with Crippen LogP contribution in [0.5, 0.6) is 0 Å². The van der Waals surface area contributed by atoms with Gasteiger partial charge >= 0.3 is 6.03 Å². The monoisotopic (exact) mass is 317 g/mol. The fraction of sp³-hybridized carbons (Fsp3) is 0.529. The average Bonchev–Trinajstić information content (AvgIpc) is 3.23. The second kappa shape index (κ2) is 5.85. The SMILES string of the molecule is CC(C)(C)C(O)CNC(=O)Nc1ccc2oc(C3CC3)nc2c1. The maximum Gasteiger partial charge on any atom is 0.319 e. The highest BCUT2D eigenvalue weighted by Gasteiger charge is 2.29. The zero-order valence-corrected chi connectivity index (χ0v) is 13.7. The zero-order valence-electron chi connectivity index (χ0n) is 13.7. The summed E-state index contributed by atoms with van der Waals surface area (Å²) in [6.07, 6.45) is 1.67. The number of nitrogens with zero attached hydrogens (tertiary/aromatic N) is 1. The summed E-state index contributed by atoms with van der Waals surface area (Å²) in [5.74, 6) is 1.25. The minimum absolute atomic E-state index is 0.202. The van der Waals surface area contributed by atoms with Crippen molar-refractivity contribution in [3.63, 3.8) is 0 Å². The molecule has 0 radical (unpaired) electrons.